The molecule has 90 valence electrons. The lowest BCUT2D eigenvalue weighted by Gasteiger charge is -2.13. The largest absolute Gasteiger partial charge is 0.324 e. The van der Waals surface area contributed by atoms with Crippen molar-refractivity contribution in [1.29, 1.82) is 0 Å². The first-order valence-corrected chi connectivity index (χ1v) is 6.63. The van der Waals surface area contributed by atoms with Gasteiger partial charge in [0.2, 0.25) is 0 Å². The Kier molecular flexibility index (Phi) is 3.82. The third kappa shape index (κ3) is 2.68. The van der Waals surface area contributed by atoms with E-state index in [2.05, 4.69) is 5.38 Å². The van der Waals surface area contributed by atoms with Gasteiger partial charge < -0.3 is 5.73 Å². The maximum Gasteiger partial charge on any atom is 0.142 e. The van der Waals surface area contributed by atoms with Crippen molar-refractivity contribution in [2.45, 2.75) is 19.4 Å². The van der Waals surface area contributed by atoms with E-state index >= 15 is 0 Å². The molecule has 4 heteroatoms. The maximum absolute atomic E-state index is 13.3. The van der Waals surface area contributed by atoms with Gasteiger partial charge in [-0.1, -0.05) is 23.7 Å². The molecule has 0 spiro atoms. The molecule has 0 aliphatic heterocycles. The summed E-state index contributed by atoms with van der Waals surface area (Å²) >= 11 is 7.54. The van der Waals surface area contributed by atoms with Gasteiger partial charge in [0.25, 0.3) is 0 Å². The molecule has 0 aliphatic carbocycles. The molecular weight excluding hydrogens is 257 g/mol. The summed E-state index contributed by atoms with van der Waals surface area (Å²) < 4.78 is 13.3. The van der Waals surface area contributed by atoms with Crippen LogP contribution in [0.4, 0.5) is 4.39 Å². The second-order valence-electron chi connectivity index (χ2n) is 4.03. The van der Waals surface area contributed by atoms with Gasteiger partial charge in [-0.15, -0.1) is 0 Å². The van der Waals surface area contributed by atoms with E-state index in [1.807, 2.05) is 18.4 Å². The van der Waals surface area contributed by atoms with Gasteiger partial charge in [-0.2, -0.15) is 11.3 Å². The molecule has 1 nitrogen and oxygen atoms in total. The summed E-state index contributed by atoms with van der Waals surface area (Å²) in [6.45, 7) is 2.03. The number of aryl methyl sites for hydroxylation is 1. The molecule has 1 aromatic heterocycles. The molecule has 0 amide bonds. The summed E-state index contributed by atoms with van der Waals surface area (Å²) in [5, 5.41) is 4.27. The van der Waals surface area contributed by atoms with Gasteiger partial charge in [-0.3, -0.25) is 0 Å². The molecule has 0 fully saturated rings. The van der Waals surface area contributed by atoms with Gasteiger partial charge in [0, 0.05) is 6.04 Å². The predicted molar refractivity (Wildman–Crippen MR) is 71.1 cm³/mol. The molecule has 1 unspecified atom stereocenters. The van der Waals surface area contributed by atoms with Crippen molar-refractivity contribution in [1.82, 2.24) is 0 Å². The van der Waals surface area contributed by atoms with Crippen LogP contribution in [-0.2, 0) is 6.42 Å². The van der Waals surface area contributed by atoms with Crippen LogP contribution in [0.1, 0.15) is 22.7 Å². The lowest BCUT2D eigenvalue weighted by Crippen LogP contribution is -2.14. The molecule has 2 N–H and O–H groups in total. The molecule has 2 rings (SSSR count). The van der Waals surface area contributed by atoms with E-state index in [-0.39, 0.29) is 11.1 Å². The van der Waals surface area contributed by atoms with E-state index in [1.54, 1.807) is 17.4 Å². The first-order chi connectivity index (χ1) is 8.09. The monoisotopic (exact) mass is 269 g/mol. The van der Waals surface area contributed by atoms with E-state index in [9.17, 15) is 4.39 Å². The first-order valence-electron chi connectivity index (χ1n) is 5.30. The molecule has 0 aliphatic rings. The van der Waals surface area contributed by atoms with Crippen LogP contribution >= 0.6 is 22.9 Å². The molecule has 17 heavy (non-hydrogen) atoms. The number of halogens is 2. The number of hydrogen-bond acceptors (Lipinski definition) is 2. The minimum Gasteiger partial charge on any atom is -0.324 e. The molecule has 1 atom stereocenters. The zero-order valence-corrected chi connectivity index (χ0v) is 11.0. The van der Waals surface area contributed by atoms with Gasteiger partial charge in [-0.25, -0.2) is 4.39 Å². The van der Waals surface area contributed by atoms with E-state index in [4.69, 9.17) is 17.3 Å². The molecule has 1 aromatic carbocycles. The lowest BCUT2D eigenvalue weighted by atomic mass is 9.99. The minimum absolute atomic E-state index is 0.138. The van der Waals surface area contributed by atoms with Crippen LogP contribution in [-0.4, -0.2) is 0 Å². The van der Waals surface area contributed by atoms with Crippen molar-refractivity contribution in [3.8, 4) is 0 Å². The molecule has 1 heterocycles. The van der Waals surface area contributed by atoms with E-state index < -0.39 is 5.82 Å². The Bertz CT molecular complexity index is 524. The average Bonchev–Trinajstić information content (AvgIpc) is 2.71. The van der Waals surface area contributed by atoms with Crippen molar-refractivity contribution in [2.75, 3.05) is 0 Å². The Labute approximate surface area is 109 Å². The minimum atomic E-state index is -0.390. The summed E-state index contributed by atoms with van der Waals surface area (Å²) in [7, 11) is 0. The Morgan fingerprint density at radius 3 is 2.82 bits per heavy atom. The average molecular weight is 270 g/mol. The van der Waals surface area contributed by atoms with Crippen LogP contribution < -0.4 is 5.73 Å². The number of rotatable bonds is 3. The zero-order chi connectivity index (χ0) is 12.4. The van der Waals surface area contributed by atoms with E-state index in [0.717, 1.165) is 11.1 Å². The fourth-order valence-corrected chi connectivity index (χ4v) is 2.92. The number of thiophene rings is 1. The quantitative estimate of drug-likeness (QED) is 0.892. The van der Waals surface area contributed by atoms with E-state index in [1.165, 1.54) is 11.6 Å². The van der Waals surface area contributed by atoms with Crippen LogP contribution in [0.25, 0.3) is 0 Å². The van der Waals surface area contributed by atoms with Crippen molar-refractivity contribution in [3.05, 3.63) is 56.5 Å². The highest BCUT2D eigenvalue weighted by molar-refractivity contribution is 7.08. The van der Waals surface area contributed by atoms with Crippen molar-refractivity contribution in [2.24, 2.45) is 5.73 Å². The highest BCUT2D eigenvalue weighted by Gasteiger charge is 2.13. The molecule has 0 radical (unpaired) electrons. The number of benzene rings is 1. The molecule has 2 aromatic rings. The van der Waals surface area contributed by atoms with Crippen molar-refractivity contribution < 1.29 is 4.39 Å². The Hall–Kier alpha value is -0.900. The zero-order valence-electron chi connectivity index (χ0n) is 9.41. The SMILES string of the molecule is Cc1cscc1C(N)Cc1cccc(F)c1Cl. The molecule has 0 saturated heterocycles. The predicted octanol–water partition coefficient (Wildman–Crippen LogP) is 4.09. The maximum atomic E-state index is 13.3. The highest BCUT2D eigenvalue weighted by Crippen LogP contribution is 2.27. The first kappa shape index (κ1) is 12.6. The van der Waals surface area contributed by atoms with Gasteiger partial charge >= 0.3 is 0 Å². The van der Waals surface area contributed by atoms with Crippen LogP contribution in [0.15, 0.2) is 29.0 Å². The molecular formula is C13H13ClFNS. The van der Waals surface area contributed by atoms with E-state index in [0.29, 0.717) is 6.42 Å². The van der Waals surface area contributed by atoms with Crippen LogP contribution in [0.5, 0.6) is 0 Å². The summed E-state index contributed by atoms with van der Waals surface area (Å²) in [5.41, 5.74) is 9.15. The van der Waals surface area contributed by atoms with Crippen molar-refractivity contribution >= 4 is 22.9 Å². The summed E-state index contributed by atoms with van der Waals surface area (Å²) in [6, 6.07) is 4.68. The third-order valence-corrected chi connectivity index (χ3v) is 4.07. The fraction of sp³-hybridized carbons (Fsp3) is 0.231. The standard InChI is InChI=1S/C13H13ClFNS/c1-8-6-17-7-10(8)12(16)5-9-3-2-4-11(15)13(9)14/h2-4,6-7,12H,5,16H2,1H3. The van der Waals surface area contributed by atoms with Gasteiger partial charge in [0.15, 0.2) is 0 Å². The Morgan fingerprint density at radius 1 is 1.41 bits per heavy atom. The van der Waals surface area contributed by atoms with Crippen LogP contribution in [0.3, 0.4) is 0 Å². The summed E-state index contributed by atoms with van der Waals surface area (Å²) in [4.78, 5) is 0. The molecule has 0 saturated carbocycles. The molecule has 0 bridgehead atoms. The van der Waals surface area contributed by atoms with Gasteiger partial charge in [0.05, 0.1) is 5.02 Å². The van der Waals surface area contributed by atoms with Gasteiger partial charge in [0.1, 0.15) is 5.82 Å². The topological polar surface area (TPSA) is 26.0 Å². The van der Waals surface area contributed by atoms with Crippen molar-refractivity contribution in [3.63, 3.8) is 0 Å². The fourth-order valence-electron chi connectivity index (χ4n) is 1.80. The second kappa shape index (κ2) is 5.17. The number of hydrogen-bond donors (Lipinski definition) is 1. The van der Waals surface area contributed by atoms with Crippen LogP contribution in [0.2, 0.25) is 5.02 Å². The lowest BCUT2D eigenvalue weighted by molar-refractivity contribution is 0.622. The smallest absolute Gasteiger partial charge is 0.142 e. The normalized spacial score (nSPS) is 12.7. The van der Waals surface area contributed by atoms with Crippen LogP contribution in [0, 0.1) is 12.7 Å². The second-order valence-corrected chi connectivity index (χ2v) is 5.16. The Morgan fingerprint density at radius 2 is 2.18 bits per heavy atom. The summed E-state index contributed by atoms with van der Waals surface area (Å²) in [6.07, 6.45) is 0.550. The van der Waals surface area contributed by atoms with Gasteiger partial charge in [-0.05, 0) is 46.9 Å². The summed E-state index contributed by atoms with van der Waals surface area (Å²) in [5.74, 6) is -0.390. The third-order valence-electron chi connectivity index (χ3n) is 2.77. The Balaban J connectivity index is 2.22. The number of nitrogens with two attached hydrogens (primary N) is 1. The highest BCUT2D eigenvalue weighted by atomic mass is 35.5.